The van der Waals surface area contributed by atoms with Gasteiger partial charge in [-0.15, -0.1) is 0 Å². The van der Waals surface area contributed by atoms with Crippen LogP contribution in [0.2, 0.25) is 0 Å². The summed E-state index contributed by atoms with van der Waals surface area (Å²) in [6.07, 6.45) is 0.963. The topological polar surface area (TPSA) is 47.6 Å². The molecule has 4 heteroatoms. The molecule has 1 aliphatic heterocycles. The van der Waals surface area contributed by atoms with Crippen LogP contribution in [0.25, 0.3) is 0 Å². The number of ether oxygens (including phenoxy) is 2. The Bertz CT molecular complexity index is 427. The minimum atomic E-state index is -0.518. The van der Waals surface area contributed by atoms with Crippen LogP contribution in [-0.2, 0) is 20.7 Å². The second kappa shape index (κ2) is 5.40. The summed E-state index contributed by atoms with van der Waals surface area (Å²) >= 11 is 0. The average Bonchev–Trinajstić information content (AvgIpc) is 2.37. The standard InChI is InChI=1S/C14H19NO3/c1-3-11-6-4-5-7-12(11)15-8-14(9-18-10-14)13(16)17-2/h4-7,15H,3,8-10H2,1-2H3. The van der Waals surface area contributed by atoms with E-state index in [-0.39, 0.29) is 5.97 Å². The Labute approximate surface area is 107 Å². The number of methoxy groups -OCH3 is 1. The molecule has 1 saturated heterocycles. The van der Waals surface area contributed by atoms with Crippen LogP contribution >= 0.6 is 0 Å². The van der Waals surface area contributed by atoms with Crippen molar-refractivity contribution in [2.24, 2.45) is 5.41 Å². The summed E-state index contributed by atoms with van der Waals surface area (Å²) in [5.41, 5.74) is 1.81. The van der Waals surface area contributed by atoms with Crippen LogP contribution in [0.1, 0.15) is 12.5 Å². The molecule has 1 aromatic rings. The molecule has 0 aliphatic carbocycles. The number of benzene rings is 1. The molecule has 0 atom stereocenters. The second-order valence-electron chi connectivity index (χ2n) is 4.63. The molecule has 18 heavy (non-hydrogen) atoms. The van der Waals surface area contributed by atoms with E-state index >= 15 is 0 Å². The highest BCUT2D eigenvalue weighted by Gasteiger charge is 2.47. The molecule has 1 N–H and O–H groups in total. The number of carbonyl (C=O) groups is 1. The van der Waals surface area contributed by atoms with Gasteiger partial charge in [0.2, 0.25) is 0 Å². The molecule has 1 heterocycles. The van der Waals surface area contributed by atoms with Gasteiger partial charge in [-0.2, -0.15) is 0 Å². The number of rotatable bonds is 5. The van der Waals surface area contributed by atoms with Crippen molar-refractivity contribution in [2.45, 2.75) is 13.3 Å². The average molecular weight is 249 g/mol. The third-order valence-electron chi connectivity index (χ3n) is 3.39. The number of aryl methyl sites for hydroxylation is 1. The van der Waals surface area contributed by atoms with E-state index < -0.39 is 5.41 Å². The van der Waals surface area contributed by atoms with Crippen LogP contribution < -0.4 is 5.32 Å². The van der Waals surface area contributed by atoms with Crippen molar-refractivity contribution < 1.29 is 14.3 Å². The zero-order chi connectivity index (χ0) is 13.0. The quantitative estimate of drug-likeness (QED) is 0.809. The Kier molecular flexibility index (Phi) is 3.87. The van der Waals surface area contributed by atoms with Crippen molar-refractivity contribution in [3.8, 4) is 0 Å². The van der Waals surface area contributed by atoms with Gasteiger partial charge in [0.15, 0.2) is 0 Å². The number of esters is 1. The van der Waals surface area contributed by atoms with E-state index in [1.807, 2.05) is 18.2 Å². The SMILES string of the molecule is CCc1ccccc1NCC1(C(=O)OC)COC1. The summed E-state index contributed by atoms with van der Waals surface area (Å²) in [6, 6.07) is 8.13. The fraction of sp³-hybridized carbons (Fsp3) is 0.500. The highest BCUT2D eigenvalue weighted by molar-refractivity contribution is 5.79. The van der Waals surface area contributed by atoms with Crippen LogP contribution in [0.3, 0.4) is 0 Å². The Morgan fingerprint density at radius 3 is 2.72 bits per heavy atom. The van der Waals surface area contributed by atoms with Gasteiger partial charge in [0.25, 0.3) is 0 Å². The molecule has 0 saturated carbocycles. The predicted molar refractivity (Wildman–Crippen MR) is 69.6 cm³/mol. The monoisotopic (exact) mass is 249 g/mol. The molecule has 2 rings (SSSR count). The van der Waals surface area contributed by atoms with Gasteiger partial charge in [-0.05, 0) is 18.1 Å². The Morgan fingerprint density at radius 1 is 1.44 bits per heavy atom. The lowest BCUT2D eigenvalue weighted by Crippen LogP contribution is -2.54. The summed E-state index contributed by atoms with van der Waals surface area (Å²) < 4.78 is 10.0. The molecule has 0 unspecified atom stereocenters. The van der Waals surface area contributed by atoms with E-state index in [9.17, 15) is 4.79 Å². The molecule has 0 radical (unpaired) electrons. The number of carbonyl (C=O) groups excluding carboxylic acids is 1. The van der Waals surface area contributed by atoms with Crippen molar-refractivity contribution in [1.29, 1.82) is 0 Å². The number of hydrogen-bond acceptors (Lipinski definition) is 4. The normalized spacial score (nSPS) is 16.8. The molecule has 98 valence electrons. The first-order valence-electron chi connectivity index (χ1n) is 6.20. The van der Waals surface area contributed by atoms with Gasteiger partial charge in [-0.3, -0.25) is 4.79 Å². The zero-order valence-corrected chi connectivity index (χ0v) is 10.9. The maximum atomic E-state index is 11.7. The van der Waals surface area contributed by atoms with E-state index in [1.54, 1.807) is 0 Å². The van der Waals surface area contributed by atoms with E-state index in [0.717, 1.165) is 12.1 Å². The lowest BCUT2D eigenvalue weighted by Gasteiger charge is -2.38. The van der Waals surface area contributed by atoms with Gasteiger partial charge in [0, 0.05) is 12.2 Å². The number of nitrogens with one attached hydrogen (secondary N) is 1. The van der Waals surface area contributed by atoms with Gasteiger partial charge < -0.3 is 14.8 Å². The molecule has 0 spiro atoms. The minimum Gasteiger partial charge on any atom is -0.468 e. The highest BCUT2D eigenvalue weighted by atomic mass is 16.5. The summed E-state index contributed by atoms with van der Waals surface area (Å²) in [6.45, 7) is 3.53. The number of anilines is 1. The van der Waals surface area contributed by atoms with Crippen LogP contribution in [0.5, 0.6) is 0 Å². The van der Waals surface area contributed by atoms with E-state index in [1.165, 1.54) is 12.7 Å². The maximum absolute atomic E-state index is 11.7. The van der Waals surface area contributed by atoms with Crippen molar-refractivity contribution in [3.63, 3.8) is 0 Å². The lowest BCUT2D eigenvalue weighted by molar-refractivity contribution is -0.180. The third kappa shape index (κ3) is 2.34. The Morgan fingerprint density at radius 2 is 2.17 bits per heavy atom. The molecule has 1 aromatic carbocycles. The second-order valence-corrected chi connectivity index (χ2v) is 4.63. The first-order chi connectivity index (χ1) is 8.72. The van der Waals surface area contributed by atoms with Crippen LogP contribution in [-0.4, -0.2) is 32.8 Å². The van der Waals surface area contributed by atoms with Crippen molar-refractivity contribution in [3.05, 3.63) is 29.8 Å². The van der Waals surface area contributed by atoms with Gasteiger partial charge in [0.05, 0.1) is 20.3 Å². The largest absolute Gasteiger partial charge is 0.468 e. The highest BCUT2D eigenvalue weighted by Crippen LogP contribution is 2.30. The number of hydrogen-bond donors (Lipinski definition) is 1. The van der Waals surface area contributed by atoms with Crippen molar-refractivity contribution >= 4 is 11.7 Å². The predicted octanol–water partition coefficient (Wildman–Crippen LogP) is 1.85. The van der Waals surface area contributed by atoms with Crippen LogP contribution in [0.4, 0.5) is 5.69 Å². The molecule has 0 amide bonds. The Hall–Kier alpha value is -1.55. The van der Waals surface area contributed by atoms with Gasteiger partial charge in [-0.25, -0.2) is 0 Å². The third-order valence-corrected chi connectivity index (χ3v) is 3.39. The summed E-state index contributed by atoms with van der Waals surface area (Å²) in [4.78, 5) is 11.7. The molecular formula is C14H19NO3. The summed E-state index contributed by atoms with van der Waals surface area (Å²) in [5.74, 6) is -0.199. The van der Waals surface area contributed by atoms with E-state index in [0.29, 0.717) is 19.8 Å². The fourth-order valence-electron chi connectivity index (χ4n) is 2.12. The van der Waals surface area contributed by atoms with E-state index in [4.69, 9.17) is 9.47 Å². The van der Waals surface area contributed by atoms with Gasteiger partial charge in [-0.1, -0.05) is 25.1 Å². The molecule has 1 fully saturated rings. The zero-order valence-electron chi connectivity index (χ0n) is 10.9. The van der Waals surface area contributed by atoms with Crippen molar-refractivity contribution in [1.82, 2.24) is 0 Å². The van der Waals surface area contributed by atoms with Gasteiger partial charge in [0.1, 0.15) is 5.41 Å². The van der Waals surface area contributed by atoms with Crippen molar-refractivity contribution in [2.75, 3.05) is 32.2 Å². The van der Waals surface area contributed by atoms with Crippen LogP contribution in [0.15, 0.2) is 24.3 Å². The Balaban J connectivity index is 2.04. The first-order valence-corrected chi connectivity index (χ1v) is 6.20. The summed E-state index contributed by atoms with van der Waals surface area (Å²) in [5, 5.41) is 3.34. The molecule has 4 nitrogen and oxygen atoms in total. The van der Waals surface area contributed by atoms with Gasteiger partial charge >= 0.3 is 5.97 Å². The van der Waals surface area contributed by atoms with E-state index in [2.05, 4.69) is 18.3 Å². The lowest BCUT2D eigenvalue weighted by atomic mass is 9.86. The summed E-state index contributed by atoms with van der Waals surface area (Å²) in [7, 11) is 1.42. The molecule has 0 bridgehead atoms. The smallest absolute Gasteiger partial charge is 0.318 e. The van der Waals surface area contributed by atoms with Crippen LogP contribution in [0, 0.1) is 5.41 Å². The molecule has 1 aliphatic rings. The molecular weight excluding hydrogens is 230 g/mol. The maximum Gasteiger partial charge on any atom is 0.318 e. The first kappa shape index (κ1) is 12.9. The minimum absolute atomic E-state index is 0.199. The number of para-hydroxylation sites is 1. The molecule has 0 aromatic heterocycles. The fourth-order valence-corrected chi connectivity index (χ4v) is 2.12.